The number of carbonyl (C=O) groups excluding carboxylic acids is 1. The Morgan fingerprint density at radius 3 is 1.30 bits per heavy atom. The Kier molecular flexibility index (Phi) is 24.9. The molecule has 0 radical (unpaired) electrons. The van der Waals surface area contributed by atoms with E-state index in [0.717, 1.165) is 12.2 Å². The number of ether oxygens (including phenoxy) is 1. The second kappa shape index (κ2) is 25.7. The van der Waals surface area contributed by atoms with Crippen molar-refractivity contribution in [2.45, 2.75) is 103 Å². The molecule has 0 atom stereocenters. The molecule has 0 bridgehead atoms. The van der Waals surface area contributed by atoms with Gasteiger partial charge in [0, 0.05) is 17.1 Å². The summed E-state index contributed by atoms with van der Waals surface area (Å²) in [5.74, 6) is 0.860. The van der Waals surface area contributed by atoms with Gasteiger partial charge in [-0.1, -0.05) is 95.5 Å². The van der Waals surface area contributed by atoms with Crippen molar-refractivity contribution in [1.82, 2.24) is 0 Å². The predicted molar refractivity (Wildman–Crippen MR) is 142 cm³/mol. The van der Waals surface area contributed by atoms with Crippen LogP contribution in [0.5, 0.6) is 0 Å². The van der Waals surface area contributed by atoms with Gasteiger partial charge in [0.2, 0.25) is 0 Å². The molecule has 0 fully saturated rings. The molecule has 2 nitrogen and oxygen atoms in total. The summed E-state index contributed by atoms with van der Waals surface area (Å²) in [6.45, 7) is 0.555. The smallest absolute Gasteiger partial charge is 0.281 e. The van der Waals surface area contributed by atoms with Gasteiger partial charge in [-0.05, 0) is 18.6 Å². The van der Waals surface area contributed by atoms with Gasteiger partial charge in [0.1, 0.15) is 0 Å². The van der Waals surface area contributed by atoms with Gasteiger partial charge in [-0.3, -0.25) is 4.79 Å². The van der Waals surface area contributed by atoms with Crippen molar-refractivity contribution in [2.75, 3.05) is 12.4 Å². The minimum atomic E-state index is -0.187. The van der Waals surface area contributed by atoms with Crippen LogP contribution >= 0.6 is 12.6 Å². The van der Waals surface area contributed by atoms with Crippen molar-refractivity contribution in [3.8, 4) is 0 Å². The third-order valence-corrected chi connectivity index (χ3v) is 6.06. The number of hydrogen-bond donors (Lipinski definition) is 1. The van der Waals surface area contributed by atoms with Gasteiger partial charge in [-0.2, -0.15) is 24.8 Å². The Morgan fingerprint density at radius 1 is 0.606 bits per heavy atom. The van der Waals surface area contributed by atoms with Crippen molar-refractivity contribution in [1.29, 1.82) is 0 Å². The van der Waals surface area contributed by atoms with Crippen LogP contribution in [0.25, 0.3) is 0 Å². The van der Waals surface area contributed by atoms with Gasteiger partial charge in [0.25, 0.3) is 5.97 Å². The molecule has 0 amide bonds. The average molecular weight is 515 g/mol. The Morgan fingerprint density at radius 2 is 0.939 bits per heavy atom. The number of rotatable bonds is 19. The van der Waals surface area contributed by atoms with Crippen LogP contribution in [0, 0.1) is 0 Å². The molecule has 4 heteroatoms. The normalized spacial score (nSPS) is 10.2. The summed E-state index contributed by atoms with van der Waals surface area (Å²) in [7, 11) is 0. The van der Waals surface area contributed by atoms with Crippen molar-refractivity contribution < 1.29 is 26.6 Å². The summed E-state index contributed by atoms with van der Waals surface area (Å²) in [5, 5.41) is 0. The van der Waals surface area contributed by atoms with Crippen LogP contribution < -0.4 is 0 Å². The zero-order chi connectivity index (χ0) is 23.0. The molecule has 0 spiro atoms. The van der Waals surface area contributed by atoms with Crippen LogP contribution in [0.2, 0.25) is 0 Å². The van der Waals surface area contributed by atoms with E-state index < -0.39 is 0 Å². The van der Waals surface area contributed by atoms with Crippen LogP contribution in [0.3, 0.4) is 0 Å². The quantitative estimate of drug-likeness (QED) is 0.0665. The minimum absolute atomic E-state index is 0. The summed E-state index contributed by atoms with van der Waals surface area (Å²) < 4.78 is 5.27. The van der Waals surface area contributed by atoms with E-state index >= 15 is 0 Å². The van der Waals surface area contributed by atoms with E-state index in [1.165, 1.54) is 96.3 Å². The first kappa shape index (κ1) is 32.0. The van der Waals surface area contributed by atoms with Gasteiger partial charge >= 0.3 is 0 Å². The third kappa shape index (κ3) is 21.3. The molecule has 2 aromatic carbocycles. The maximum atomic E-state index is 11.7. The molecular formula is C29H46FeO2S-6. The average Bonchev–Trinajstić information content (AvgIpc) is 3.55. The first-order valence-electron chi connectivity index (χ1n) is 13.0. The Balaban J connectivity index is 0.00000150. The summed E-state index contributed by atoms with van der Waals surface area (Å²) in [6, 6.07) is 17.3. The summed E-state index contributed by atoms with van der Waals surface area (Å²) in [4.78, 5) is 11.7. The maximum absolute atomic E-state index is 11.7. The van der Waals surface area contributed by atoms with E-state index in [9.17, 15) is 4.79 Å². The van der Waals surface area contributed by atoms with Gasteiger partial charge in [0.05, 0.1) is 6.61 Å². The molecular weight excluding hydrogens is 468 g/mol. The molecule has 2 rings (SSSR count). The van der Waals surface area contributed by atoms with Crippen LogP contribution in [0.15, 0.2) is 54.6 Å². The SMILES string of the molecule is O=C(OCCCCCCCCCCCCCCCCCCS)[c-]1cccc1.[Fe].[cH-]1[cH-][cH-][cH-][cH-]1. The minimum Gasteiger partial charge on any atom is -0.748 e. The van der Waals surface area contributed by atoms with Crippen molar-refractivity contribution in [3.05, 3.63) is 60.2 Å². The Hall–Kier alpha value is -0.961. The first-order chi connectivity index (χ1) is 15.8. The first-order valence-corrected chi connectivity index (χ1v) is 13.6. The van der Waals surface area contributed by atoms with Gasteiger partial charge in [-0.15, -0.1) is 0 Å². The van der Waals surface area contributed by atoms with E-state index in [2.05, 4.69) is 12.6 Å². The molecule has 0 saturated carbocycles. The van der Waals surface area contributed by atoms with Gasteiger partial charge < -0.3 is 35.1 Å². The van der Waals surface area contributed by atoms with E-state index in [1.807, 2.05) is 42.5 Å². The molecule has 194 valence electrons. The van der Waals surface area contributed by atoms with Crippen molar-refractivity contribution >= 4 is 18.6 Å². The third-order valence-electron chi connectivity index (χ3n) is 5.74. The number of thiol groups is 1. The molecule has 0 aliphatic carbocycles. The van der Waals surface area contributed by atoms with Crippen LogP contribution in [0.4, 0.5) is 0 Å². The van der Waals surface area contributed by atoms with E-state index in [0.29, 0.717) is 12.2 Å². The Bertz CT molecular complexity index is 578. The second-order valence-corrected chi connectivity index (χ2v) is 9.10. The number of unbranched alkanes of at least 4 members (excludes halogenated alkanes) is 15. The van der Waals surface area contributed by atoms with Crippen LogP contribution in [0.1, 0.15) is 113 Å². The maximum Gasteiger partial charge on any atom is 0.281 e. The molecule has 2 aromatic rings. The largest absolute Gasteiger partial charge is 0.748 e. The molecule has 33 heavy (non-hydrogen) atoms. The fraction of sp³-hybridized carbons (Fsp3) is 0.621. The fourth-order valence-corrected chi connectivity index (χ4v) is 3.99. The standard InChI is InChI=1S/C24H41O2S.C5H5.Fe/c25-24(23-19-15-16-20-23)26-21-17-13-11-9-7-5-3-1-2-4-6-8-10-12-14-18-22-27;1-2-4-5-3-1;/h15-16,19-20,27H,1-14,17-18,21-22H2;1-5H;/q-1;-5;. The summed E-state index contributed by atoms with van der Waals surface area (Å²) in [5.41, 5.74) is 0.666. The Labute approximate surface area is 219 Å². The molecule has 0 aliphatic heterocycles. The molecule has 0 aromatic heterocycles. The molecule has 0 aliphatic rings. The molecule has 0 N–H and O–H groups in total. The van der Waals surface area contributed by atoms with Crippen molar-refractivity contribution in [2.24, 2.45) is 0 Å². The van der Waals surface area contributed by atoms with Crippen LogP contribution in [-0.2, 0) is 21.8 Å². The zero-order valence-electron chi connectivity index (χ0n) is 20.5. The predicted octanol–water partition coefficient (Wildman–Crippen LogP) is 9.14. The zero-order valence-corrected chi connectivity index (χ0v) is 22.5. The van der Waals surface area contributed by atoms with E-state index in [4.69, 9.17) is 4.74 Å². The molecule has 0 saturated heterocycles. The van der Waals surface area contributed by atoms with Gasteiger partial charge in [-0.25, -0.2) is 12.1 Å². The van der Waals surface area contributed by atoms with E-state index in [1.54, 1.807) is 12.1 Å². The molecule has 0 heterocycles. The molecule has 0 unspecified atom stereocenters. The van der Waals surface area contributed by atoms with Gasteiger partial charge in [0.15, 0.2) is 0 Å². The number of carbonyl (C=O) groups is 1. The van der Waals surface area contributed by atoms with Crippen molar-refractivity contribution in [3.63, 3.8) is 0 Å². The summed E-state index contributed by atoms with van der Waals surface area (Å²) >= 11 is 4.25. The second-order valence-electron chi connectivity index (χ2n) is 8.65. The topological polar surface area (TPSA) is 26.3 Å². The fourth-order valence-electron chi connectivity index (χ4n) is 3.77. The number of esters is 1. The van der Waals surface area contributed by atoms with E-state index in [-0.39, 0.29) is 23.0 Å². The van der Waals surface area contributed by atoms with Crippen LogP contribution in [-0.4, -0.2) is 18.3 Å². The number of hydrogen-bond acceptors (Lipinski definition) is 3. The summed E-state index contributed by atoms with van der Waals surface area (Å²) in [6.07, 6.45) is 21.5. The monoisotopic (exact) mass is 514 g/mol.